The predicted octanol–water partition coefficient (Wildman–Crippen LogP) is 4.09. The summed E-state index contributed by atoms with van der Waals surface area (Å²) in [6, 6.07) is 3.63. The molecule has 30 heavy (non-hydrogen) atoms. The van der Waals surface area contributed by atoms with E-state index in [9.17, 15) is 23.1 Å². The molecule has 1 unspecified atom stereocenters. The van der Waals surface area contributed by atoms with Crippen LogP contribution in [0.5, 0.6) is 0 Å². The minimum Gasteiger partial charge on any atom is -0.396 e. The molecule has 10 heteroatoms. The minimum absolute atomic E-state index is 0.0341. The molecule has 1 fully saturated rings. The molecule has 0 saturated carbocycles. The second kappa shape index (κ2) is 10.7. The van der Waals surface area contributed by atoms with Crippen molar-refractivity contribution in [3.8, 4) is 0 Å². The number of rotatable bonds is 9. The molecule has 2 N–H and O–H groups in total. The Morgan fingerprint density at radius 2 is 2.10 bits per heavy atom. The lowest BCUT2D eigenvalue weighted by Crippen LogP contribution is -2.42. The average Bonchev–Trinajstić information content (AvgIpc) is 3.21. The Kier molecular flexibility index (Phi) is 8.24. The number of ketones is 1. The van der Waals surface area contributed by atoms with Crippen molar-refractivity contribution in [3.05, 3.63) is 50.7 Å². The molecule has 1 aromatic heterocycles. The van der Waals surface area contributed by atoms with Gasteiger partial charge in [0.25, 0.3) is 6.43 Å². The highest BCUT2D eigenvalue weighted by Crippen LogP contribution is 2.34. The van der Waals surface area contributed by atoms with Gasteiger partial charge >= 0.3 is 0 Å². The lowest BCUT2D eigenvalue weighted by atomic mass is 9.96. The number of likely N-dealkylation sites (tertiary alicyclic amines) is 1. The van der Waals surface area contributed by atoms with Gasteiger partial charge in [-0.25, -0.2) is 18.2 Å². The number of halogens is 4. The fourth-order valence-corrected chi connectivity index (χ4v) is 4.89. The van der Waals surface area contributed by atoms with Gasteiger partial charge in [0.2, 0.25) is 0 Å². The molecule has 1 saturated heterocycles. The molecule has 1 aromatic carbocycles. The van der Waals surface area contributed by atoms with Gasteiger partial charge in [-0.15, -0.1) is 11.3 Å². The van der Waals surface area contributed by atoms with Crippen LogP contribution in [0.3, 0.4) is 0 Å². The summed E-state index contributed by atoms with van der Waals surface area (Å²) in [5, 5.41) is 12.4. The number of carbonyl (C=O) groups excluding carboxylic acids is 1. The first-order chi connectivity index (χ1) is 14.4. The Morgan fingerprint density at radius 3 is 2.73 bits per heavy atom. The van der Waals surface area contributed by atoms with Crippen molar-refractivity contribution in [1.29, 1.82) is 0 Å². The van der Waals surface area contributed by atoms with Gasteiger partial charge in [-0.3, -0.25) is 9.69 Å². The summed E-state index contributed by atoms with van der Waals surface area (Å²) in [5.41, 5.74) is 0.965. The van der Waals surface area contributed by atoms with Crippen molar-refractivity contribution in [2.45, 2.75) is 25.3 Å². The van der Waals surface area contributed by atoms with Crippen LogP contribution in [0, 0.1) is 11.7 Å². The average molecular weight is 462 g/mol. The van der Waals surface area contributed by atoms with Crippen molar-refractivity contribution in [2.75, 3.05) is 32.8 Å². The smallest absolute Gasteiger partial charge is 0.281 e. The molecule has 1 atom stereocenters. The van der Waals surface area contributed by atoms with Crippen LogP contribution >= 0.6 is 22.9 Å². The van der Waals surface area contributed by atoms with Crippen molar-refractivity contribution >= 4 is 28.7 Å². The normalized spacial score (nSPS) is 16.9. The number of aliphatic hydroxyl groups is 1. The first-order valence-corrected chi connectivity index (χ1v) is 10.9. The first-order valence-electron chi connectivity index (χ1n) is 9.66. The van der Waals surface area contributed by atoms with Gasteiger partial charge in [0.15, 0.2) is 5.78 Å². The largest absolute Gasteiger partial charge is 0.396 e. The molecule has 3 rings (SSSR count). The van der Waals surface area contributed by atoms with Crippen LogP contribution in [-0.2, 0) is 0 Å². The van der Waals surface area contributed by atoms with Gasteiger partial charge in [0, 0.05) is 13.2 Å². The quantitative estimate of drug-likeness (QED) is 0.551. The van der Waals surface area contributed by atoms with Crippen molar-refractivity contribution < 1.29 is 23.1 Å². The molecule has 0 spiro atoms. The van der Waals surface area contributed by atoms with E-state index in [0.29, 0.717) is 18.0 Å². The van der Waals surface area contributed by atoms with Crippen LogP contribution in [0.4, 0.5) is 13.2 Å². The van der Waals surface area contributed by atoms with E-state index in [4.69, 9.17) is 11.6 Å². The van der Waals surface area contributed by atoms with E-state index in [2.05, 4.69) is 15.2 Å². The van der Waals surface area contributed by atoms with E-state index in [-0.39, 0.29) is 41.9 Å². The zero-order valence-electron chi connectivity index (χ0n) is 16.2. The molecular formula is C20H23ClF3N3O2S. The Hall–Kier alpha value is -1.52. The fraction of sp³-hybridized carbons (Fsp3) is 0.500. The monoisotopic (exact) mass is 461 g/mol. The number of benzene rings is 1. The summed E-state index contributed by atoms with van der Waals surface area (Å²) >= 11 is 7.10. The van der Waals surface area contributed by atoms with Crippen LogP contribution < -0.4 is 5.32 Å². The van der Waals surface area contributed by atoms with Crippen LogP contribution in [0.2, 0.25) is 5.02 Å². The Bertz CT molecular complexity index is 839. The molecule has 0 radical (unpaired) electrons. The summed E-state index contributed by atoms with van der Waals surface area (Å²) in [4.78, 5) is 18.8. The number of aromatic nitrogens is 1. The van der Waals surface area contributed by atoms with Gasteiger partial charge in [0.1, 0.15) is 11.5 Å². The zero-order valence-corrected chi connectivity index (χ0v) is 17.7. The van der Waals surface area contributed by atoms with Gasteiger partial charge in [-0.2, -0.15) is 0 Å². The summed E-state index contributed by atoms with van der Waals surface area (Å²) in [6.45, 7) is 1.45. The molecule has 5 nitrogen and oxygen atoms in total. The van der Waals surface area contributed by atoms with Crippen LogP contribution in [-0.4, -0.2) is 53.6 Å². The summed E-state index contributed by atoms with van der Waals surface area (Å²) < 4.78 is 40.8. The minimum atomic E-state index is -2.69. The van der Waals surface area contributed by atoms with Crippen molar-refractivity contribution in [2.24, 2.45) is 5.92 Å². The van der Waals surface area contributed by atoms with E-state index in [0.717, 1.165) is 24.2 Å². The van der Waals surface area contributed by atoms with Gasteiger partial charge in [-0.05, 0) is 44.0 Å². The molecule has 1 aliphatic heterocycles. The van der Waals surface area contributed by atoms with Crippen LogP contribution in [0.25, 0.3) is 0 Å². The maximum Gasteiger partial charge on any atom is 0.281 e. The Morgan fingerprint density at radius 1 is 1.37 bits per heavy atom. The number of nitrogens with one attached hydrogen (secondary N) is 1. The molecule has 0 aliphatic carbocycles. The number of hydrogen-bond donors (Lipinski definition) is 2. The third-order valence-corrected chi connectivity index (χ3v) is 6.61. The number of piperidine rings is 1. The molecule has 0 bridgehead atoms. The predicted molar refractivity (Wildman–Crippen MR) is 110 cm³/mol. The maximum atomic E-state index is 14.0. The summed E-state index contributed by atoms with van der Waals surface area (Å²) in [7, 11) is 0. The number of alkyl halides is 2. The third-order valence-electron chi connectivity index (χ3n) is 5.35. The number of nitrogens with zero attached hydrogens (tertiary/aromatic N) is 2. The second-order valence-corrected chi connectivity index (χ2v) is 8.52. The van der Waals surface area contributed by atoms with Gasteiger partial charge in [0.05, 0.1) is 33.6 Å². The maximum absolute atomic E-state index is 14.0. The topological polar surface area (TPSA) is 65.5 Å². The third kappa shape index (κ3) is 5.39. The Labute approximate surface area is 181 Å². The zero-order chi connectivity index (χ0) is 21.7. The van der Waals surface area contributed by atoms with E-state index in [1.54, 1.807) is 0 Å². The summed E-state index contributed by atoms with van der Waals surface area (Å²) in [6.07, 6.45) is -1.17. The highest BCUT2D eigenvalue weighted by molar-refractivity contribution is 7.09. The number of carbonyl (C=O) groups is 1. The molecule has 2 aromatic rings. The SMILES string of the molecule is O=C(CNCC(c1scnc1C(F)F)N1CCC(CO)CC1)c1c(F)cccc1Cl. The number of thiazole rings is 1. The molecule has 0 amide bonds. The van der Waals surface area contributed by atoms with Crippen LogP contribution in [0.1, 0.15) is 46.2 Å². The number of Topliss-reactive ketones (excluding diaryl/α,β-unsaturated/α-hetero) is 1. The molecule has 1 aliphatic rings. The molecule has 164 valence electrons. The first kappa shape index (κ1) is 23.1. The van der Waals surface area contributed by atoms with Gasteiger partial charge in [-0.1, -0.05) is 17.7 Å². The van der Waals surface area contributed by atoms with Crippen LogP contribution in [0.15, 0.2) is 23.7 Å². The lowest BCUT2D eigenvalue weighted by molar-refractivity contribution is 0.0920. The number of aliphatic hydroxyl groups excluding tert-OH is 1. The molecular weight excluding hydrogens is 439 g/mol. The van der Waals surface area contributed by atoms with Crippen molar-refractivity contribution in [1.82, 2.24) is 15.2 Å². The van der Waals surface area contributed by atoms with E-state index in [1.165, 1.54) is 23.7 Å². The standard InChI is InChI=1S/C20H23ClF3N3O2S/c21-13-2-1-3-14(22)17(13)16(29)9-25-8-15(19-18(20(23)24)26-11-30-19)27-6-4-12(10-28)5-7-27/h1-3,11-12,15,20,25,28H,4-10H2. The van der Waals surface area contributed by atoms with E-state index in [1.807, 2.05) is 0 Å². The fourth-order valence-electron chi connectivity index (χ4n) is 3.69. The highest BCUT2D eigenvalue weighted by atomic mass is 35.5. The van der Waals surface area contributed by atoms with Gasteiger partial charge < -0.3 is 10.4 Å². The lowest BCUT2D eigenvalue weighted by Gasteiger charge is -2.37. The molecule has 2 heterocycles. The second-order valence-electron chi connectivity index (χ2n) is 7.23. The highest BCUT2D eigenvalue weighted by Gasteiger charge is 2.31. The van der Waals surface area contributed by atoms with E-state index < -0.39 is 24.1 Å². The van der Waals surface area contributed by atoms with Crippen molar-refractivity contribution in [3.63, 3.8) is 0 Å². The summed E-state index contributed by atoms with van der Waals surface area (Å²) in [5.74, 6) is -0.996. The Balaban J connectivity index is 1.71. The van der Waals surface area contributed by atoms with E-state index >= 15 is 0 Å². The number of hydrogen-bond acceptors (Lipinski definition) is 6.